The third-order valence-electron chi connectivity index (χ3n) is 2.83. The maximum Gasteiger partial charge on any atom is 0.191 e. The average Bonchev–Trinajstić information content (AvgIpc) is 2.94. The fourth-order valence-corrected chi connectivity index (χ4v) is 3.04. The minimum Gasteiger partial charge on any atom is -0.379 e. The number of hydrogen-bond donors (Lipinski definition) is 2. The zero-order valence-corrected chi connectivity index (χ0v) is 18.5. The molecule has 0 aliphatic heterocycles. The van der Waals surface area contributed by atoms with Crippen molar-refractivity contribution >= 4 is 57.2 Å². The minimum atomic E-state index is 0. The van der Waals surface area contributed by atoms with Gasteiger partial charge in [-0.25, -0.2) is 0 Å². The van der Waals surface area contributed by atoms with Gasteiger partial charge < -0.3 is 20.1 Å². The first-order valence-electron chi connectivity index (χ1n) is 7.59. The van der Waals surface area contributed by atoms with Crippen LogP contribution >= 0.6 is 51.2 Å². The summed E-state index contributed by atoms with van der Waals surface area (Å²) in [4.78, 5) is 5.44. The summed E-state index contributed by atoms with van der Waals surface area (Å²) in [6.45, 7) is 6.42. The maximum absolute atomic E-state index is 5.50. The van der Waals surface area contributed by atoms with E-state index in [-0.39, 0.29) is 24.0 Å². The first-order chi connectivity index (χ1) is 10.8. The molecule has 2 N–H and O–H groups in total. The van der Waals surface area contributed by atoms with E-state index in [1.54, 1.807) is 18.4 Å². The predicted octanol–water partition coefficient (Wildman–Crippen LogP) is 3.63. The highest BCUT2D eigenvalue weighted by atomic mass is 127. The van der Waals surface area contributed by atoms with Gasteiger partial charge in [-0.05, 0) is 28.4 Å². The molecule has 0 amide bonds. The summed E-state index contributed by atoms with van der Waals surface area (Å²) in [7, 11) is 1.77. The smallest absolute Gasteiger partial charge is 0.191 e. The van der Waals surface area contributed by atoms with E-state index in [0.29, 0.717) is 19.8 Å². The third kappa shape index (κ3) is 12.2. The number of thiophene rings is 1. The highest BCUT2D eigenvalue weighted by molar-refractivity contribution is 14.0. The van der Waals surface area contributed by atoms with Crippen LogP contribution in [0.3, 0.4) is 0 Å². The van der Waals surface area contributed by atoms with E-state index in [9.17, 15) is 0 Å². The minimum absolute atomic E-state index is 0. The average molecular weight is 520 g/mol. The summed E-state index contributed by atoms with van der Waals surface area (Å²) in [5.41, 5.74) is 0. The Hall–Kier alpha value is 0.1000. The SMILES string of the molecule is CCCCOCCOCCNC(=NC)NCc1cc(Br)cs1.I. The maximum atomic E-state index is 5.50. The molecule has 5 nitrogen and oxygen atoms in total. The third-order valence-corrected chi connectivity index (χ3v) is 4.53. The lowest BCUT2D eigenvalue weighted by Crippen LogP contribution is -2.38. The van der Waals surface area contributed by atoms with Crippen molar-refractivity contribution < 1.29 is 9.47 Å². The van der Waals surface area contributed by atoms with E-state index in [2.05, 4.69) is 49.9 Å². The Balaban J connectivity index is 0.00000484. The standard InChI is InChI=1S/C15H26BrN3O2S.HI/c1-3-4-6-20-8-9-21-7-5-18-15(17-2)19-11-14-10-13(16)12-22-14;/h10,12H,3-9,11H2,1-2H3,(H2,17,18,19);1H. The molecule has 0 bridgehead atoms. The van der Waals surface area contributed by atoms with Crippen LogP contribution in [0.1, 0.15) is 24.6 Å². The van der Waals surface area contributed by atoms with Gasteiger partial charge in [0.25, 0.3) is 0 Å². The van der Waals surface area contributed by atoms with E-state index < -0.39 is 0 Å². The summed E-state index contributed by atoms with van der Waals surface area (Å²) in [5.74, 6) is 0.785. The number of guanidine groups is 1. The van der Waals surface area contributed by atoms with Crippen LogP contribution in [-0.4, -0.2) is 46.0 Å². The van der Waals surface area contributed by atoms with Gasteiger partial charge in [0.15, 0.2) is 5.96 Å². The van der Waals surface area contributed by atoms with Crippen molar-refractivity contribution in [1.82, 2.24) is 10.6 Å². The molecule has 1 aromatic heterocycles. The van der Waals surface area contributed by atoms with E-state index in [1.807, 2.05) is 0 Å². The molecule has 1 rings (SSSR count). The summed E-state index contributed by atoms with van der Waals surface area (Å²) in [6.07, 6.45) is 2.28. The van der Waals surface area contributed by atoms with Crippen LogP contribution in [-0.2, 0) is 16.0 Å². The topological polar surface area (TPSA) is 54.9 Å². The summed E-state index contributed by atoms with van der Waals surface area (Å²) < 4.78 is 12.0. The molecule has 0 aliphatic rings. The molecule has 1 heterocycles. The number of nitrogens with one attached hydrogen (secondary N) is 2. The molecular formula is C15H27BrIN3O2S. The van der Waals surface area contributed by atoms with Crippen LogP contribution in [0.25, 0.3) is 0 Å². The van der Waals surface area contributed by atoms with Crippen molar-refractivity contribution in [2.75, 3.05) is 40.0 Å². The number of halogens is 2. The Kier molecular flexibility index (Phi) is 15.7. The first-order valence-corrected chi connectivity index (χ1v) is 9.26. The Morgan fingerprint density at radius 1 is 1.22 bits per heavy atom. The second-order valence-electron chi connectivity index (χ2n) is 4.66. The number of aliphatic imine (C=N–C) groups is 1. The molecule has 0 saturated heterocycles. The second-order valence-corrected chi connectivity index (χ2v) is 6.57. The molecule has 0 spiro atoms. The molecular weight excluding hydrogens is 493 g/mol. The van der Waals surface area contributed by atoms with Crippen LogP contribution in [0.15, 0.2) is 20.9 Å². The summed E-state index contributed by atoms with van der Waals surface area (Å²) in [6, 6.07) is 2.10. The normalized spacial score (nSPS) is 11.2. The van der Waals surface area contributed by atoms with Gasteiger partial charge in [0.2, 0.25) is 0 Å². The van der Waals surface area contributed by atoms with Crippen LogP contribution < -0.4 is 10.6 Å². The van der Waals surface area contributed by atoms with Crippen molar-refractivity contribution in [1.29, 1.82) is 0 Å². The fraction of sp³-hybridized carbons (Fsp3) is 0.667. The van der Waals surface area contributed by atoms with E-state index in [4.69, 9.17) is 9.47 Å². The highest BCUT2D eigenvalue weighted by Crippen LogP contribution is 2.19. The van der Waals surface area contributed by atoms with Gasteiger partial charge in [0.1, 0.15) is 0 Å². The number of rotatable bonds is 11. The van der Waals surface area contributed by atoms with Crippen molar-refractivity contribution in [3.05, 3.63) is 20.8 Å². The molecule has 0 fully saturated rings. The fourth-order valence-electron chi connectivity index (χ4n) is 1.65. The van der Waals surface area contributed by atoms with Gasteiger partial charge in [-0.1, -0.05) is 13.3 Å². The molecule has 8 heteroatoms. The number of nitrogens with zero attached hydrogens (tertiary/aromatic N) is 1. The first kappa shape index (κ1) is 23.1. The molecule has 1 aromatic rings. The zero-order valence-electron chi connectivity index (χ0n) is 13.8. The van der Waals surface area contributed by atoms with Gasteiger partial charge in [-0.2, -0.15) is 0 Å². The van der Waals surface area contributed by atoms with Crippen molar-refractivity contribution in [3.63, 3.8) is 0 Å². The molecule has 0 unspecified atom stereocenters. The largest absolute Gasteiger partial charge is 0.379 e. The number of hydrogen-bond acceptors (Lipinski definition) is 4. The Bertz CT molecular complexity index is 433. The number of ether oxygens (including phenoxy) is 2. The molecule has 134 valence electrons. The van der Waals surface area contributed by atoms with Crippen LogP contribution in [0.2, 0.25) is 0 Å². The molecule has 0 radical (unpaired) electrons. The van der Waals surface area contributed by atoms with Crippen molar-refractivity contribution in [3.8, 4) is 0 Å². The Morgan fingerprint density at radius 3 is 2.57 bits per heavy atom. The lowest BCUT2D eigenvalue weighted by molar-refractivity contribution is 0.0487. The lowest BCUT2D eigenvalue weighted by atomic mass is 10.4. The number of unbranched alkanes of at least 4 members (excludes halogenated alkanes) is 1. The van der Waals surface area contributed by atoms with Gasteiger partial charge in [-0.15, -0.1) is 35.3 Å². The van der Waals surface area contributed by atoms with Gasteiger partial charge in [0.05, 0.1) is 26.4 Å². The zero-order chi connectivity index (χ0) is 16.0. The Labute approximate surface area is 168 Å². The Morgan fingerprint density at radius 2 is 1.96 bits per heavy atom. The second kappa shape index (κ2) is 15.6. The molecule has 0 atom stereocenters. The van der Waals surface area contributed by atoms with E-state index in [1.165, 1.54) is 11.3 Å². The molecule has 23 heavy (non-hydrogen) atoms. The predicted molar refractivity (Wildman–Crippen MR) is 112 cm³/mol. The van der Waals surface area contributed by atoms with Crippen LogP contribution in [0, 0.1) is 0 Å². The van der Waals surface area contributed by atoms with Crippen molar-refractivity contribution in [2.24, 2.45) is 4.99 Å². The van der Waals surface area contributed by atoms with Gasteiger partial charge in [-0.3, -0.25) is 4.99 Å². The summed E-state index contributed by atoms with van der Waals surface area (Å²) >= 11 is 5.17. The van der Waals surface area contributed by atoms with Crippen LogP contribution in [0.4, 0.5) is 0 Å². The van der Waals surface area contributed by atoms with E-state index in [0.717, 1.165) is 36.5 Å². The molecule has 0 aromatic carbocycles. The van der Waals surface area contributed by atoms with Crippen molar-refractivity contribution in [2.45, 2.75) is 26.3 Å². The van der Waals surface area contributed by atoms with E-state index >= 15 is 0 Å². The van der Waals surface area contributed by atoms with Gasteiger partial charge >= 0.3 is 0 Å². The van der Waals surface area contributed by atoms with Gasteiger partial charge in [0, 0.05) is 34.9 Å². The molecule has 0 aliphatic carbocycles. The monoisotopic (exact) mass is 519 g/mol. The quantitative estimate of drug-likeness (QED) is 0.203. The highest BCUT2D eigenvalue weighted by Gasteiger charge is 2.00. The van der Waals surface area contributed by atoms with Crippen LogP contribution in [0.5, 0.6) is 0 Å². The summed E-state index contributed by atoms with van der Waals surface area (Å²) in [5, 5.41) is 8.57. The molecule has 0 saturated carbocycles. The lowest BCUT2D eigenvalue weighted by Gasteiger charge is -2.11.